The number of alkyl halides is 1. The zero-order valence-electron chi connectivity index (χ0n) is 3.41. The van der Waals surface area contributed by atoms with Gasteiger partial charge in [-0.25, -0.2) is 0 Å². The van der Waals surface area contributed by atoms with Crippen LogP contribution in [0.3, 0.4) is 0 Å². The molecule has 0 saturated carbocycles. The lowest BCUT2D eigenvalue weighted by Crippen LogP contribution is -2.06. The second kappa shape index (κ2) is 2.99. The largest absolute Gasteiger partial charge is 0.311 e. The Kier molecular flexibility index (Phi) is 2.96. The molecule has 2 N–H and O–H groups in total. The van der Waals surface area contributed by atoms with E-state index >= 15 is 0 Å². The molecule has 0 rings (SSSR count). The first-order valence-electron chi connectivity index (χ1n) is 1.57. The van der Waals surface area contributed by atoms with Crippen LogP contribution in [0.1, 0.15) is 0 Å². The van der Waals surface area contributed by atoms with Crippen LogP contribution in [-0.2, 0) is 0 Å². The molecule has 40 valence electrons. The van der Waals surface area contributed by atoms with E-state index in [4.69, 9.17) is 34.0 Å². The van der Waals surface area contributed by atoms with Crippen LogP contribution in [0.5, 0.6) is 0 Å². The summed E-state index contributed by atoms with van der Waals surface area (Å²) in [6, 6.07) is 0. The predicted molar refractivity (Wildman–Crippen MR) is 32.0 cm³/mol. The van der Waals surface area contributed by atoms with Crippen LogP contribution in [0.4, 0.5) is 0 Å². The van der Waals surface area contributed by atoms with Gasteiger partial charge in [-0.1, -0.05) is 11.6 Å². The van der Waals surface area contributed by atoms with Gasteiger partial charge in [-0.05, 0) is 0 Å². The molecule has 0 aromatic carbocycles. The number of nitrogens with one attached hydrogen (secondary N) is 2. The first kappa shape index (κ1) is 6.92. The molecule has 7 heavy (non-hydrogen) atoms. The van der Waals surface area contributed by atoms with Crippen molar-refractivity contribution in [2.75, 3.05) is 0 Å². The first-order valence-corrected chi connectivity index (χ1v) is 2.38. The molecule has 0 aliphatic heterocycles. The topological polar surface area (TPSA) is 47.7 Å². The minimum atomic E-state index is -0.735. The molecule has 0 spiro atoms. The van der Waals surface area contributed by atoms with Gasteiger partial charge in [0.1, 0.15) is 10.5 Å². The Bertz CT molecular complexity index is 90.9. The summed E-state index contributed by atoms with van der Waals surface area (Å²) in [5.41, 5.74) is 0. The Morgan fingerprint density at radius 3 is 2.14 bits per heavy atom. The van der Waals surface area contributed by atoms with Crippen LogP contribution >= 0.6 is 23.2 Å². The molecule has 0 aliphatic rings. The third-order valence-corrected chi connectivity index (χ3v) is 1.08. The van der Waals surface area contributed by atoms with Gasteiger partial charge >= 0.3 is 0 Å². The summed E-state index contributed by atoms with van der Waals surface area (Å²) in [5, 5.41) is 12.1. The summed E-state index contributed by atoms with van der Waals surface area (Å²) in [7, 11) is 0. The van der Waals surface area contributed by atoms with Crippen LogP contribution in [0, 0.1) is 10.8 Å². The summed E-state index contributed by atoms with van der Waals surface area (Å²) in [6.07, 6.45) is 0.900. The van der Waals surface area contributed by atoms with Crippen molar-refractivity contribution >= 4 is 34.6 Å². The Morgan fingerprint density at radius 1 is 1.71 bits per heavy atom. The highest BCUT2D eigenvalue weighted by atomic mass is 35.5. The standard InChI is InChI=1S/C3H4Cl2N2/c4-2(1-6)3(5)7/h1-2,6-7H. The van der Waals surface area contributed by atoms with E-state index in [0.717, 1.165) is 6.21 Å². The Labute approximate surface area is 51.4 Å². The van der Waals surface area contributed by atoms with Gasteiger partial charge in [0.25, 0.3) is 0 Å². The zero-order valence-corrected chi connectivity index (χ0v) is 4.92. The summed E-state index contributed by atoms with van der Waals surface area (Å²) in [6.45, 7) is 0. The van der Waals surface area contributed by atoms with Crippen LogP contribution in [-0.4, -0.2) is 16.8 Å². The smallest absolute Gasteiger partial charge is 0.120 e. The van der Waals surface area contributed by atoms with E-state index < -0.39 is 5.38 Å². The summed E-state index contributed by atoms with van der Waals surface area (Å²) in [5.74, 6) is 0. The fourth-order valence-corrected chi connectivity index (χ4v) is 0.136. The van der Waals surface area contributed by atoms with Gasteiger partial charge in [-0.15, -0.1) is 11.6 Å². The van der Waals surface area contributed by atoms with Crippen molar-refractivity contribution < 1.29 is 0 Å². The lowest BCUT2D eigenvalue weighted by molar-refractivity contribution is 1.44. The molecule has 2 nitrogen and oxygen atoms in total. The Hall–Kier alpha value is -0.0800. The lowest BCUT2D eigenvalue weighted by Gasteiger charge is -1.91. The monoisotopic (exact) mass is 138 g/mol. The van der Waals surface area contributed by atoms with Gasteiger partial charge in [0.2, 0.25) is 0 Å². The van der Waals surface area contributed by atoms with Crippen LogP contribution in [0.2, 0.25) is 0 Å². The van der Waals surface area contributed by atoms with E-state index in [-0.39, 0.29) is 5.17 Å². The fraction of sp³-hybridized carbons (Fsp3) is 0.333. The average Bonchev–Trinajstić information content (AvgIpc) is 1.65. The molecular formula is C3H4Cl2N2. The van der Waals surface area contributed by atoms with Gasteiger partial charge < -0.3 is 5.41 Å². The minimum Gasteiger partial charge on any atom is -0.311 e. The minimum absolute atomic E-state index is 0.211. The van der Waals surface area contributed by atoms with E-state index in [0.29, 0.717) is 0 Å². The van der Waals surface area contributed by atoms with E-state index in [1.165, 1.54) is 0 Å². The van der Waals surface area contributed by atoms with Crippen LogP contribution in [0.25, 0.3) is 0 Å². The number of hydrogen-bond acceptors (Lipinski definition) is 2. The van der Waals surface area contributed by atoms with Crippen molar-refractivity contribution in [2.45, 2.75) is 5.38 Å². The van der Waals surface area contributed by atoms with Crippen LogP contribution in [0.15, 0.2) is 0 Å². The van der Waals surface area contributed by atoms with Crippen molar-refractivity contribution in [3.63, 3.8) is 0 Å². The Balaban J connectivity index is 3.55. The number of halogens is 2. The van der Waals surface area contributed by atoms with Gasteiger partial charge in [0.15, 0.2) is 0 Å². The SMILES string of the molecule is N=CC(Cl)C(=N)Cl. The number of hydrogen-bond donors (Lipinski definition) is 2. The predicted octanol–water partition coefficient (Wildman–Crippen LogP) is 1.46. The number of rotatable bonds is 2. The van der Waals surface area contributed by atoms with E-state index in [1.54, 1.807) is 0 Å². The molecule has 1 unspecified atom stereocenters. The van der Waals surface area contributed by atoms with Gasteiger partial charge in [0.05, 0.1) is 0 Å². The van der Waals surface area contributed by atoms with Crippen molar-refractivity contribution in [3.8, 4) is 0 Å². The maximum atomic E-state index is 6.58. The molecule has 0 fully saturated rings. The quantitative estimate of drug-likeness (QED) is 0.429. The normalized spacial score (nSPS) is 12.9. The molecule has 0 aromatic heterocycles. The van der Waals surface area contributed by atoms with Gasteiger partial charge in [-0.2, -0.15) is 0 Å². The van der Waals surface area contributed by atoms with Crippen molar-refractivity contribution in [3.05, 3.63) is 0 Å². The zero-order chi connectivity index (χ0) is 5.86. The van der Waals surface area contributed by atoms with Crippen molar-refractivity contribution in [1.29, 1.82) is 10.8 Å². The molecule has 0 radical (unpaired) electrons. The van der Waals surface area contributed by atoms with Crippen LogP contribution < -0.4 is 0 Å². The molecule has 0 aromatic rings. The third-order valence-electron chi connectivity index (χ3n) is 0.388. The van der Waals surface area contributed by atoms with Gasteiger partial charge in [0, 0.05) is 6.21 Å². The molecule has 4 heteroatoms. The molecule has 0 saturated heterocycles. The van der Waals surface area contributed by atoms with Gasteiger partial charge in [-0.3, -0.25) is 5.41 Å². The van der Waals surface area contributed by atoms with E-state index in [9.17, 15) is 0 Å². The lowest BCUT2D eigenvalue weighted by atomic mass is 10.5. The highest BCUT2D eigenvalue weighted by Crippen LogP contribution is 1.95. The highest BCUT2D eigenvalue weighted by molar-refractivity contribution is 6.72. The summed E-state index contributed by atoms with van der Waals surface area (Å²) in [4.78, 5) is 0. The second-order valence-corrected chi connectivity index (χ2v) is 1.79. The Morgan fingerprint density at radius 2 is 2.14 bits per heavy atom. The van der Waals surface area contributed by atoms with Crippen molar-refractivity contribution in [1.82, 2.24) is 0 Å². The van der Waals surface area contributed by atoms with E-state index in [1.807, 2.05) is 0 Å². The molecular weight excluding hydrogens is 135 g/mol. The third kappa shape index (κ3) is 2.60. The summed E-state index contributed by atoms with van der Waals surface area (Å²) >= 11 is 10.2. The van der Waals surface area contributed by atoms with E-state index in [2.05, 4.69) is 0 Å². The molecule has 0 aliphatic carbocycles. The van der Waals surface area contributed by atoms with Crippen molar-refractivity contribution in [2.24, 2.45) is 0 Å². The summed E-state index contributed by atoms with van der Waals surface area (Å²) < 4.78 is 0. The fourth-order valence-electron chi connectivity index (χ4n) is 0.0732. The molecule has 0 heterocycles. The first-order chi connectivity index (χ1) is 3.18. The molecule has 0 bridgehead atoms. The highest BCUT2D eigenvalue weighted by Gasteiger charge is 2.01. The second-order valence-electron chi connectivity index (χ2n) is 0.916. The molecule has 0 amide bonds. The maximum Gasteiger partial charge on any atom is 0.120 e. The maximum absolute atomic E-state index is 6.58. The average molecular weight is 139 g/mol. The molecule has 1 atom stereocenters.